The van der Waals surface area contributed by atoms with Gasteiger partial charge in [0.25, 0.3) is 0 Å². The summed E-state index contributed by atoms with van der Waals surface area (Å²) in [6.45, 7) is 5.89. The van der Waals surface area contributed by atoms with Crippen molar-refractivity contribution in [3.05, 3.63) is 0 Å². The van der Waals surface area contributed by atoms with E-state index < -0.39 is 23.4 Å². The third-order valence-electron chi connectivity index (χ3n) is 6.11. The zero-order valence-corrected chi connectivity index (χ0v) is 15.8. The van der Waals surface area contributed by atoms with E-state index in [4.69, 9.17) is 10.5 Å². The number of nitrogens with one attached hydrogen (secondary N) is 1. The fourth-order valence-electron chi connectivity index (χ4n) is 4.14. The van der Waals surface area contributed by atoms with E-state index in [0.29, 0.717) is 6.54 Å². The van der Waals surface area contributed by atoms with Crippen LogP contribution in [-0.4, -0.2) is 53.0 Å². The lowest BCUT2D eigenvalue weighted by atomic mass is 9.81. The summed E-state index contributed by atoms with van der Waals surface area (Å²) < 4.78 is 5.70. The van der Waals surface area contributed by atoms with Crippen LogP contribution in [0.4, 0.5) is 0 Å². The minimum atomic E-state index is -0.812. The van der Waals surface area contributed by atoms with Gasteiger partial charge in [0, 0.05) is 12.1 Å². The minimum Gasteiger partial charge on any atom is -0.373 e. The molecular formula is C17H28ClN3O4. The van der Waals surface area contributed by atoms with Gasteiger partial charge in [-0.3, -0.25) is 19.3 Å². The number of likely N-dealkylation sites (tertiary alicyclic amines) is 1. The molecule has 0 aromatic carbocycles. The van der Waals surface area contributed by atoms with Crippen molar-refractivity contribution in [1.29, 1.82) is 0 Å². The molecule has 0 aliphatic carbocycles. The summed E-state index contributed by atoms with van der Waals surface area (Å²) in [6.07, 6.45) is 2.81. The molecule has 5 atom stereocenters. The van der Waals surface area contributed by atoms with Crippen LogP contribution >= 0.6 is 12.4 Å². The van der Waals surface area contributed by atoms with Gasteiger partial charge in [-0.2, -0.15) is 0 Å². The zero-order valence-electron chi connectivity index (χ0n) is 15.0. The Hall–Kier alpha value is -1.18. The standard InChI is InChI=1S/C17H27N3O4.ClH/c1-4-17(18,5-2)8-19-14(21)9(3)20-15(22)12-10-6-7-11(24-10)13(12)16(20)23;/h9-13H,4-8,18H2,1-3H3,(H,19,21);1H. The average Bonchev–Trinajstić information content (AvgIpc) is 3.26. The number of amides is 3. The summed E-state index contributed by atoms with van der Waals surface area (Å²) >= 11 is 0. The summed E-state index contributed by atoms with van der Waals surface area (Å²) in [5.74, 6) is -1.64. The van der Waals surface area contributed by atoms with Crippen molar-refractivity contribution in [3.63, 3.8) is 0 Å². The van der Waals surface area contributed by atoms with Gasteiger partial charge in [0.1, 0.15) is 6.04 Å². The van der Waals surface area contributed by atoms with Gasteiger partial charge >= 0.3 is 0 Å². The number of carbonyl (C=O) groups is 3. The highest BCUT2D eigenvalue weighted by molar-refractivity contribution is 6.09. The van der Waals surface area contributed by atoms with Gasteiger partial charge in [0.05, 0.1) is 24.0 Å². The third-order valence-corrected chi connectivity index (χ3v) is 6.11. The van der Waals surface area contributed by atoms with E-state index in [0.717, 1.165) is 30.6 Å². The first-order valence-electron chi connectivity index (χ1n) is 8.92. The molecule has 25 heavy (non-hydrogen) atoms. The smallest absolute Gasteiger partial charge is 0.243 e. The second kappa shape index (κ2) is 7.21. The van der Waals surface area contributed by atoms with Crippen LogP contribution in [0.1, 0.15) is 46.5 Å². The second-order valence-corrected chi connectivity index (χ2v) is 7.35. The first-order chi connectivity index (χ1) is 11.3. The third kappa shape index (κ3) is 3.17. The highest BCUT2D eigenvalue weighted by Gasteiger charge is 2.63. The number of halogens is 1. The van der Waals surface area contributed by atoms with Crippen molar-refractivity contribution in [2.45, 2.75) is 70.2 Å². The number of ether oxygens (including phenoxy) is 1. The number of rotatable bonds is 6. The van der Waals surface area contributed by atoms with E-state index in [1.54, 1.807) is 6.92 Å². The van der Waals surface area contributed by atoms with Gasteiger partial charge < -0.3 is 15.8 Å². The van der Waals surface area contributed by atoms with Crippen molar-refractivity contribution in [2.75, 3.05) is 6.54 Å². The van der Waals surface area contributed by atoms with Gasteiger partial charge in [-0.1, -0.05) is 13.8 Å². The lowest BCUT2D eigenvalue weighted by Gasteiger charge is -2.29. The van der Waals surface area contributed by atoms with E-state index in [2.05, 4.69) is 5.32 Å². The van der Waals surface area contributed by atoms with Crippen LogP contribution in [0, 0.1) is 11.8 Å². The maximum Gasteiger partial charge on any atom is 0.243 e. The van der Waals surface area contributed by atoms with Gasteiger partial charge in [0.2, 0.25) is 17.7 Å². The quantitative estimate of drug-likeness (QED) is 0.663. The summed E-state index contributed by atoms with van der Waals surface area (Å²) in [7, 11) is 0. The molecule has 3 N–H and O–H groups in total. The zero-order chi connectivity index (χ0) is 17.6. The largest absolute Gasteiger partial charge is 0.373 e. The number of hydrogen-bond donors (Lipinski definition) is 2. The summed E-state index contributed by atoms with van der Waals surface area (Å²) in [4.78, 5) is 38.9. The van der Waals surface area contributed by atoms with Crippen LogP contribution in [0.2, 0.25) is 0 Å². The topological polar surface area (TPSA) is 102 Å². The van der Waals surface area contributed by atoms with Crippen molar-refractivity contribution in [2.24, 2.45) is 17.6 Å². The van der Waals surface area contributed by atoms with Gasteiger partial charge in [0.15, 0.2) is 0 Å². The van der Waals surface area contributed by atoms with Crippen LogP contribution < -0.4 is 11.1 Å². The maximum atomic E-state index is 12.7. The SMILES string of the molecule is CCC(N)(CC)CNC(=O)C(C)N1C(=O)C2C3CCC(O3)C2C1=O.Cl. The first-order valence-corrected chi connectivity index (χ1v) is 8.92. The van der Waals surface area contributed by atoms with Crippen molar-refractivity contribution in [3.8, 4) is 0 Å². The number of imide groups is 1. The number of hydrogen-bond acceptors (Lipinski definition) is 5. The Morgan fingerprint density at radius 3 is 2.16 bits per heavy atom. The molecule has 3 aliphatic heterocycles. The summed E-state index contributed by atoms with van der Waals surface area (Å²) in [5.41, 5.74) is 5.73. The van der Waals surface area contributed by atoms with E-state index in [1.165, 1.54) is 0 Å². The van der Waals surface area contributed by atoms with Crippen LogP contribution in [-0.2, 0) is 19.1 Å². The Kier molecular flexibility index (Phi) is 5.81. The van der Waals surface area contributed by atoms with E-state index in [-0.39, 0.29) is 42.3 Å². The Labute approximate surface area is 154 Å². The predicted molar refractivity (Wildman–Crippen MR) is 93.9 cm³/mol. The first kappa shape index (κ1) is 20.1. The molecule has 3 fully saturated rings. The molecule has 7 nitrogen and oxygen atoms in total. The maximum absolute atomic E-state index is 12.7. The molecule has 5 unspecified atom stereocenters. The molecule has 0 spiro atoms. The highest BCUT2D eigenvalue weighted by atomic mass is 35.5. The van der Waals surface area contributed by atoms with E-state index >= 15 is 0 Å². The van der Waals surface area contributed by atoms with Crippen LogP contribution in [0.25, 0.3) is 0 Å². The number of nitrogens with zero attached hydrogens (tertiary/aromatic N) is 1. The Bertz CT molecular complexity index is 538. The molecule has 3 saturated heterocycles. The normalized spacial score (nSPS) is 31.8. The molecule has 0 aromatic rings. The fourth-order valence-corrected chi connectivity index (χ4v) is 4.14. The Morgan fingerprint density at radius 1 is 1.24 bits per heavy atom. The molecular weight excluding hydrogens is 346 g/mol. The molecule has 3 aliphatic rings. The van der Waals surface area contributed by atoms with Crippen molar-refractivity contribution in [1.82, 2.24) is 10.2 Å². The van der Waals surface area contributed by atoms with Gasteiger partial charge in [-0.15, -0.1) is 12.4 Å². The molecule has 3 heterocycles. The van der Waals surface area contributed by atoms with Crippen molar-refractivity contribution >= 4 is 30.1 Å². The van der Waals surface area contributed by atoms with Gasteiger partial charge in [-0.25, -0.2) is 0 Å². The Balaban J connectivity index is 0.00000225. The average molecular weight is 374 g/mol. The summed E-state index contributed by atoms with van der Waals surface area (Å²) in [6, 6.07) is -0.812. The molecule has 3 rings (SSSR count). The van der Waals surface area contributed by atoms with Crippen LogP contribution in [0.15, 0.2) is 0 Å². The van der Waals surface area contributed by atoms with E-state index in [9.17, 15) is 14.4 Å². The van der Waals surface area contributed by atoms with Gasteiger partial charge in [-0.05, 0) is 32.6 Å². The number of nitrogens with two attached hydrogens (primary N) is 1. The van der Waals surface area contributed by atoms with E-state index in [1.807, 2.05) is 13.8 Å². The molecule has 0 aromatic heterocycles. The molecule has 142 valence electrons. The lowest BCUT2D eigenvalue weighted by molar-refractivity contribution is -0.149. The molecule has 0 saturated carbocycles. The van der Waals surface area contributed by atoms with Crippen molar-refractivity contribution < 1.29 is 19.1 Å². The molecule has 8 heteroatoms. The lowest BCUT2D eigenvalue weighted by Crippen LogP contribution is -2.54. The molecule has 0 radical (unpaired) electrons. The van der Waals surface area contributed by atoms with Crippen LogP contribution in [0.3, 0.4) is 0 Å². The minimum absolute atomic E-state index is 0. The Morgan fingerprint density at radius 2 is 1.72 bits per heavy atom. The number of carbonyl (C=O) groups excluding carboxylic acids is 3. The summed E-state index contributed by atoms with van der Waals surface area (Å²) in [5, 5.41) is 2.81. The predicted octanol–water partition coefficient (Wildman–Crippen LogP) is 0.593. The second-order valence-electron chi connectivity index (χ2n) is 7.35. The highest BCUT2D eigenvalue weighted by Crippen LogP contribution is 2.48. The fraction of sp³-hybridized carbons (Fsp3) is 0.824. The monoisotopic (exact) mass is 373 g/mol. The number of fused-ring (bicyclic) bond motifs is 5. The van der Waals surface area contributed by atoms with Crippen LogP contribution in [0.5, 0.6) is 0 Å². The molecule has 3 amide bonds. The molecule has 2 bridgehead atoms.